The van der Waals surface area contributed by atoms with Gasteiger partial charge in [-0.15, -0.1) is 0 Å². The second-order valence-corrected chi connectivity index (χ2v) is 4.00. The molecule has 0 saturated carbocycles. The van der Waals surface area contributed by atoms with E-state index in [9.17, 15) is 10.1 Å². The van der Waals surface area contributed by atoms with Crippen LogP contribution in [-0.4, -0.2) is 18.1 Å². The van der Waals surface area contributed by atoms with Crippen LogP contribution in [0.1, 0.15) is 32.3 Å². The minimum Gasteiger partial charge on any atom is -0.379 e. The minimum atomic E-state index is -0.368. The van der Waals surface area contributed by atoms with Crippen LogP contribution in [0.15, 0.2) is 18.2 Å². The van der Waals surface area contributed by atoms with E-state index < -0.39 is 0 Å². The van der Waals surface area contributed by atoms with Gasteiger partial charge in [0.25, 0.3) is 5.69 Å². The molecule has 18 heavy (non-hydrogen) atoms. The van der Waals surface area contributed by atoms with E-state index in [0.29, 0.717) is 25.4 Å². The minimum absolute atomic E-state index is 0.105. The quantitative estimate of drug-likeness (QED) is 0.438. The van der Waals surface area contributed by atoms with Crippen molar-refractivity contribution in [1.29, 1.82) is 0 Å². The lowest BCUT2D eigenvalue weighted by Gasteiger charge is -2.11. The highest BCUT2D eigenvalue weighted by molar-refractivity contribution is 5.66. The molecule has 1 N–H and O–H groups in total. The van der Waals surface area contributed by atoms with Crippen LogP contribution in [0.5, 0.6) is 0 Å². The monoisotopic (exact) mass is 252 g/mol. The highest BCUT2D eigenvalue weighted by atomic mass is 16.6. The van der Waals surface area contributed by atoms with Gasteiger partial charge in [0.2, 0.25) is 0 Å². The van der Waals surface area contributed by atoms with Gasteiger partial charge in [0, 0.05) is 24.8 Å². The first-order chi connectivity index (χ1) is 8.70. The summed E-state index contributed by atoms with van der Waals surface area (Å²) in [6.45, 7) is 5.75. The summed E-state index contributed by atoms with van der Waals surface area (Å²) in [5, 5.41) is 14.0. The molecular formula is C13H20N2O3. The predicted octanol–water partition coefficient (Wildman–Crippen LogP) is 3.34. The number of nitrogens with zero attached hydrogens (tertiary/aromatic N) is 1. The smallest absolute Gasteiger partial charge is 0.292 e. The lowest BCUT2D eigenvalue weighted by Crippen LogP contribution is -2.06. The first kappa shape index (κ1) is 14.4. The molecule has 0 saturated heterocycles. The van der Waals surface area contributed by atoms with E-state index in [2.05, 4.69) is 12.2 Å². The average molecular weight is 252 g/mol. The normalized spacial score (nSPS) is 10.3. The third kappa shape index (κ3) is 4.00. The van der Waals surface area contributed by atoms with Crippen LogP contribution in [0, 0.1) is 10.1 Å². The number of anilines is 1. The molecule has 0 atom stereocenters. The summed E-state index contributed by atoms with van der Waals surface area (Å²) in [4.78, 5) is 10.6. The summed E-state index contributed by atoms with van der Waals surface area (Å²) in [6, 6.07) is 5.06. The molecule has 0 aliphatic rings. The van der Waals surface area contributed by atoms with Crippen LogP contribution in [0.3, 0.4) is 0 Å². The van der Waals surface area contributed by atoms with Gasteiger partial charge in [-0.25, -0.2) is 0 Å². The van der Waals surface area contributed by atoms with Crippen LogP contribution in [0.25, 0.3) is 0 Å². The van der Waals surface area contributed by atoms with Gasteiger partial charge in [-0.2, -0.15) is 0 Å². The molecule has 0 aliphatic carbocycles. The zero-order valence-electron chi connectivity index (χ0n) is 10.9. The number of benzene rings is 1. The summed E-state index contributed by atoms with van der Waals surface area (Å²) >= 11 is 0. The molecule has 5 nitrogen and oxygen atoms in total. The topological polar surface area (TPSA) is 64.4 Å². The van der Waals surface area contributed by atoms with Gasteiger partial charge in [-0.3, -0.25) is 10.1 Å². The molecule has 1 aromatic rings. The number of hydrogen-bond acceptors (Lipinski definition) is 4. The van der Waals surface area contributed by atoms with Crippen LogP contribution in [0.4, 0.5) is 11.4 Å². The molecule has 0 amide bonds. The first-order valence-electron chi connectivity index (χ1n) is 6.28. The van der Waals surface area contributed by atoms with Gasteiger partial charge in [-0.1, -0.05) is 25.5 Å². The van der Waals surface area contributed by atoms with Crippen molar-refractivity contribution in [1.82, 2.24) is 0 Å². The Morgan fingerprint density at radius 3 is 2.78 bits per heavy atom. The van der Waals surface area contributed by atoms with Crippen LogP contribution < -0.4 is 5.32 Å². The van der Waals surface area contributed by atoms with Crippen molar-refractivity contribution in [3.05, 3.63) is 33.9 Å². The second-order valence-electron chi connectivity index (χ2n) is 4.00. The molecular weight excluding hydrogens is 232 g/mol. The van der Waals surface area contributed by atoms with E-state index in [-0.39, 0.29) is 10.6 Å². The van der Waals surface area contributed by atoms with E-state index in [1.165, 1.54) is 6.07 Å². The number of rotatable bonds is 8. The standard InChI is InChI=1S/C13H20N2O3/c1-3-5-9-18-10-11-7-6-8-12(15(16)17)13(11)14-4-2/h6-8,14H,3-5,9-10H2,1-2H3. The Kier molecular flexibility index (Phi) is 6.14. The Hall–Kier alpha value is -1.62. The van der Waals surface area contributed by atoms with Gasteiger partial charge >= 0.3 is 0 Å². The number of nitro benzene ring substituents is 1. The Labute approximate surface area is 107 Å². The fraction of sp³-hybridized carbons (Fsp3) is 0.538. The van der Waals surface area contributed by atoms with Gasteiger partial charge in [0.1, 0.15) is 5.69 Å². The molecule has 0 unspecified atom stereocenters. The summed E-state index contributed by atoms with van der Waals surface area (Å²) in [6.07, 6.45) is 2.08. The number of nitrogens with one attached hydrogen (secondary N) is 1. The number of hydrogen-bond donors (Lipinski definition) is 1. The summed E-state index contributed by atoms with van der Waals surface area (Å²) in [7, 11) is 0. The van der Waals surface area contributed by atoms with Crippen molar-refractivity contribution in [2.24, 2.45) is 0 Å². The molecule has 100 valence electrons. The van der Waals surface area contributed by atoms with Crippen molar-refractivity contribution in [2.75, 3.05) is 18.5 Å². The third-order valence-corrected chi connectivity index (χ3v) is 2.58. The lowest BCUT2D eigenvalue weighted by molar-refractivity contribution is -0.384. The van der Waals surface area contributed by atoms with Crippen LogP contribution in [0.2, 0.25) is 0 Å². The molecule has 0 fully saturated rings. The fourth-order valence-electron chi connectivity index (χ4n) is 1.67. The third-order valence-electron chi connectivity index (χ3n) is 2.58. The first-order valence-corrected chi connectivity index (χ1v) is 6.28. The summed E-state index contributed by atoms with van der Waals surface area (Å²) < 4.78 is 5.52. The van der Waals surface area contributed by atoms with Crippen molar-refractivity contribution in [3.8, 4) is 0 Å². The van der Waals surface area contributed by atoms with E-state index in [0.717, 1.165) is 18.4 Å². The van der Waals surface area contributed by atoms with Crippen LogP contribution >= 0.6 is 0 Å². The summed E-state index contributed by atoms with van der Waals surface area (Å²) in [5.74, 6) is 0. The summed E-state index contributed by atoms with van der Waals surface area (Å²) in [5.41, 5.74) is 1.51. The largest absolute Gasteiger partial charge is 0.379 e. The van der Waals surface area contributed by atoms with Gasteiger partial charge in [-0.05, 0) is 13.3 Å². The SMILES string of the molecule is CCCCOCc1cccc([N+](=O)[O-])c1NCC. The van der Waals surface area contributed by atoms with E-state index >= 15 is 0 Å². The second kappa shape index (κ2) is 7.66. The van der Waals surface area contributed by atoms with Gasteiger partial charge < -0.3 is 10.1 Å². The predicted molar refractivity (Wildman–Crippen MR) is 71.8 cm³/mol. The van der Waals surface area contributed by atoms with Crippen molar-refractivity contribution < 1.29 is 9.66 Å². The molecule has 0 spiro atoms. The zero-order chi connectivity index (χ0) is 13.4. The molecule has 0 bridgehead atoms. The van der Waals surface area contributed by atoms with Gasteiger partial charge in [0.05, 0.1) is 11.5 Å². The molecule has 0 radical (unpaired) electrons. The lowest BCUT2D eigenvalue weighted by atomic mass is 10.1. The average Bonchev–Trinajstić information content (AvgIpc) is 2.36. The van der Waals surface area contributed by atoms with Crippen molar-refractivity contribution in [2.45, 2.75) is 33.3 Å². The number of unbranched alkanes of at least 4 members (excludes halogenated alkanes) is 1. The molecule has 0 aliphatic heterocycles. The molecule has 0 aromatic heterocycles. The fourth-order valence-corrected chi connectivity index (χ4v) is 1.67. The Balaban J connectivity index is 2.81. The number of ether oxygens (including phenoxy) is 1. The number of nitro groups is 1. The molecule has 5 heteroatoms. The Bertz CT molecular complexity index is 394. The highest BCUT2D eigenvalue weighted by Crippen LogP contribution is 2.28. The maximum absolute atomic E-state index is 10.9. The highest BCUT2D eigenvalue weighted by Gasteiger charge is 2.16. The maximum atomic E-state index is 10.9. The molecule has 1 rings (SSSR count). The Morgan fingerprint density at radius 1 is 1.39 bits per heavy atom. The number of para-hydroxylation sites is 1. The van der Waals surface area contributed by atoms with Gasteiger partial charge in [0.15, 0.2) is 0 Å². The van der Waals surface area contributed by atoms with E-state index in [1.54, 1.807) is 6.07 Å². The van der Waals surface area contributed by atoms with Crippen molar-refractivity contribution in [3.63, 3.8) is 0 Å². The molecule has 1 aromatic carbocycles. The Morgan fingerprint density at radius 2 is 2.17 bits per heavy atom. The zero-order valence-corrected chi connectivity index (χ0v) is 10.9. The van der Waals surface area contributed by atoms with Crippen molar-refractivity contribution >= 4 is 11.4 Å². The van der Waals surface area contributed by atoms with E-state index in [1.807, 2.05) is 13.0 Å². The van der Waals surface area contributed by atoms with Crippen LogP contribution in [-0.2, 0) is 11.3 Å². The maximum Gasteiger partial charge on any atom is 0.292 e. The van der Waals surface area contributed by atoms with E-state index in [4.69, 9.17) is 4.74 Å². The molecule has 0 heterocycles.